The largest absolute Gasteiger partial charge is 0.396 e. The van der Waals surface area contributed by atoms with Crippen LogP contribution < -0.4 is 5.32 Å². The predicted octanol–water partition coefficient (Wildman–Crippen LogP) is 1.70. The van der Waals surface area contributed by atoms with E-state index in [9.17, 15) is 0 Å². The zero-order chi connectivity index (χ0) is 10.6. The Morgan fingerprint density at radius 3 is 2.79 bits per heavy atom. The minimum atomic E-state index is -0.0195. The van der Waals surface area contributed by atoms with Crippen LogP contribution in [0.4, 0.5) is 0 Å². The number of aryl methyl sites for hydroxylation is 1. The van der Waals surface area contributed by atoms with Crippen molar-refractivity contribution in [2.24, 2.45) is 0 Å². The van der Waals surface area contributed by atoms with Gasteiger partial charge in [-0.25, -0.2) is 4.98 Å². The molecule has 0 aliphatic heterocycles. The number of aliphatic hydroxyl groups is 1. The molecule has 1 rings (SSSR count). The highest BCUT2D eigenvalue weighted by atomic mass is 32.1. The molecule has 0 unspecified atom stereocenters. The molecule has 0 aliphatic carbocycles. The minimum absolute atomic E-state index is 0.0195. The molecule has 0 fully saturated rings. The van der Waals surface area contributed by atoms with Crippen LogP contribution in [0, 0.1) is 6.92 Å². The van der Waals surface area contributed by atoms with Crippen molar-refractivity contribution in [3.63, 3.8) is 0 Å². The molecule has 1 aromatic heterocycles. The smallest absolute Gasteiger partial charge is 0.107 e. The van der Waals surface area contributed by atoms with Gasteiger partial charge >= 0.3 is 0 Å². The summed E-state index contributed by atoms with van der Waals surface area (Å²) >= 11 is 1.67. The zero-order valence-electron chi connectivity index (χ0n) is 9.00. The number of thiazole rings is 1. The van der Waals surface area contributed by atoms with Crippen LogP contribution in [0.3, 0.4) is 0 Å². The summed E-state index contributed by atoms with van der Waals surface area (Å²) < 4.78 is 0. The van der Waals surface area contributed by atoms with Gasteiger partial charge in [0.25, 0.3) is 0 Å². The number of aromatic nitrogens is 1. The Balaban J connectivity index is 2.40. The van der Waals surface area contributed by atoms with E-state index in [4.69, 9.17) is 5.11 Å². The second-order valence-corrected chi connectivity index (χ2v) is 5.04. The molecule has 80 valence electrons. The van der Waals surface area contributed by atoms with E-state index in [1.165, 1.54) is 0 Å². The standard InChI is InChI=1S/C10H18N2OS/c1-8-7-14-9(12-8)6-11-10(2,3)4-5-13/h7,11,13H,4-6H2,1-3H3. The third-order valence-corrected chi connectivity index (χ3v) is 3.09. The first-order valence-electron chi connectivity index (χ1n) is 4.80. The molecular weight excluding hydrogens is 196 g/mol. The molecular formula is C10H18N2OS. The maximum Gasteiger partial charge on any atom is 0.107 e. The molecule has 1 heterocycles. The van der Waals surface area contributed by atoms with Gasteiger partial charge in [0.05, 0.1) is 0 Å². The molecule has 0 saturated carbocycles. The Bertz CT molecular complexity index is 283. The second-order valence-electron chi connectivity index (χ2n) is 4.09. The van der Waals surface area contributed by atoms with E-state index in [2.05, 4.69) is 29.5 Å². The van der Waals surface area contributed by atoms with E-state index in [-0.39, 0.29) is 12.1 Å². The topological polar surface area (TPSA) is 45.1 Å². The van der Waals surface area contributed by atoms with E-state index in [1.807, 2.05) is 6.92 Å². The molecule has 0 aliphatic rings. The quantitative estimate of drug-likeness (QED) is 0.784. The first-order chi connectivity index (χ1) is 6.53. The van der Waals surface area contributed by atoms with Gasteiger partial charge in [0, 0.05) is 29.8 Å². The average molecular weight is 214 g/mol. The van der Waals surface area contributed by atoms with Crippen LogP contribution in [0.15, 0.2) is 5.38 Å². The number of rotatable bonds is 5. The van der Waals surface area contributed by atoms with E-state index >= 15 is 0 Å². The Hall–Kier alpha value is -0.450. The van der Waals surface area contributed by atoms with Gasteiger partial charge in [-0.1, -0.05) is 0 Å². The molecule has 0 spiro atoms. The molecule has 0 saturated heterocycles. The number of nitrogens with one attached hydrogen (secondary N) is 1. The van der Waals surface area contributed by atoms with E-state index in [0.717, 1.165) is 23.7 Å². The molecule has 14 heavy (non-hydrogen) atoms. The highest BCUT2D eigenvalue weighted by Gasteiger charge is 2.16. The van der Waals surface area contributed by atoms with Crippen LogP contribution in [0.5, 0.6) is 0 Å². The van der Waals surface area contributed by atoms with Crippen molar-refractivity contribution < 1.29 is 5.11 Å². The lowest BCUT2D eigenvalue weighted by atomic mass is 10.0. The lowest BCUT2D eigenvalue weighted by Crippen LogP contribution is -2.39. The second kappa shape index (κ2) is 4.87. The van der Waals surface area contributed by atoms with Crippen LogP contribution in [0.25, 0.3) is 0 Å². The van der Waals surface area contributed by atoms with E-state index < -0.39 is 0 Å². The molecule has 0 aromatic carbocycles. The van der Waals surface area contributed by atoms with Crippen molar-refractivity contribution in [2.45, 2.75) is 39.3 Å². The third-order valence-electron chi connectivity index (χ3n) is 2.12. The number of nitrogens with zero attached hydrogens (tertiary/aromatic N) is 1. The fraction of sp³-hybridized carbons (Fsp3) is 0.700. The molecule has 0 bridgehead atoms. The van der Waals surface area contributed by atoms with Crippen molar-refractivity contribution in [1.82, 2.24) is 10.3 Å². The summed E-state index contributed by atoms with van der Waals surface area (Å²) in [5.41, 5.74) is 1.06. The molecule has 4 heteroatoms. The van der Waals surface area contributed by atoms with Crippen molar-refractivity contribution in [3.8, 4) is 0 Å². The Morgan fingerprint density at radius 2 is 2.29 bits per heavy atom. The first-order valence-corrected chi connectivity index (χ1v) is 5.68. The van der Waals surface area contributed by atoms with Crippen molar-refractivity contribution in [1.29, 1.82) is 0 Å². The van der Waals surface area contributed by atoms with Crippen LogP contribution in [0.2, 0.25) is 0 Å². The minimum Gasteiger partial charge on any atom is -0.396 e. The SMILES string of the molecule is Cc1csc(CNC(C)(C)CCO)n1. The first kappa shape index (κ1) is 11.6. The number of hydrogen-bond acceptors (Lipinski definition) is 4. The van der Waals surface area contributed by atoms with Crippen molar-refractivity contribution >= 4 is 11.3 Å². The summed E-state index contributed by atoms with van der Waals surface area (Å²) in [4.78, 5) is 4.37. The van der Waals surface area contributed by atoms with E-state index in [0.29, 0.717) is 0 Å². The summed E-state index contributed by atoms with van der Waals surface area (Å²) in [7, 11) is 0. The van der Waals surface area contributed by atoms with Crippen LogP contribution >= 0.6 is 11.3 Å². The predicted molar refractivity (Wildman–Crippen MR) is 59.5 cm³/mol. The van der Waals surface area contributed by atoms with Crippen molar-refractivity contribution in [3.05, 3.63) is 16.1 Å². The molecule has 2 N–H and O–H groups in total. The van der Waals surface area contributed by atoms with Gasteiger partial charge in [-0.3, -0.25) is 0 Å². The van der Waals surface area contributed by atoms with Gasteiger partial charge in [-0.15, -0.1) is 11.3 Å². The van der Waals surface area contributed by atoms with Gasteiger partial charge in [0.15, 0.2) is 0 Å². The Kier molecular flexibility index (Phi) is 4.04. The Morgan fingerprint density at radius 1 is 1.57 bits per heavy atom. The molecule has 0 atom stereocenters. The average Bonchev–Trinajstić information content (AvgIpc) is 2.48. The fourth-order valence-corrected chi connectivity index (χ4v) is 1.88. The van der Waals surface area contributed by atoms with Crippen LogP contribution in [0.1, 0.15) is 31.0 Å². The zero-order valence-corrected chi connectivity index (χ0v) is 9.82. The molecule has 3 nitrogen and oxygen atoms in total. The van der Waals surface area contributed by atoms with Crippen molar-refractivity contribution in [2.75, 3.05) is 6.61 Å². The summed E-state index contributed by atoms with van der Waals surface area (Å²) in [6, 6.07) is 0. The lowest BCUT2D eigenvalue weighted by Gasteiger charge is -2.24. The third kappa shape index (κ3) is 3.74. The van der Waals surface area contributed by atoms with Crippen LogP contribution in [-0.2, 0) is 6.54 Å². The summed E-state index contributed by atoms with van der Waals surface area (Å²) in [5.74, 6) is 0. The van der Waals surface area contributed by atoms with Gasteiger partial charge in [0.1, 0.15) is 5.01 Å². The highest BCUT2D eigenvalue weighted by Crippen LogP contribution is 2.12. The van der Waals surface area contributed by atoms with E-state index in [1.54, 1.807) is 11.3 Å². The maximum absolute atomic E-state index is 8.85. The molecule has 0 radical (unpaired) electrons. The number of aliphatic hydroxyl groups excluding tert-OH is 1. The highest BCUT2D eigenvalue weighted by molar-refractivity contribution is 7.09. The monoisotopic (exact) mass is 214 g/mol. The fourth-order valence-electron chi connectivity index (χ4n) is 1.17. The van der Waals surface area contributed by atoms with Gasteiger partial charge in [0.2, 0.25) is 0 Å². The lowest BCUT2D eigenvalue weighted by molar-refractivity contribution is 0.230. The van der Waals surface area contributed by atoms with Gasteiger partial charge in [-0.2, -0.15) is 0 Å². The summed E-state index contributed by atoms with van der Waals surface area (Å²) in [5, 5.41) is 15.4. The van der Waals surface area contributed by atoms with Gasteiger partial charge < -0.3 is 10.4 Å². The molecule has 0 amide bonds. The summed E-state index contributed by atoms with van der Waals surface area (Å²) in [6.07, 6.45) is 0.761. The number of hydrogen-bond donors (Lipinski definition) is 2. The van der Waals surface area contributed by atoms with Crippen LogP contribution in [-0.4, -0.2) is 22.2 Å². The van der Waals surface area contributed by atoms with Gasteiger partial charge in [-0.05, 0) is 27.2 Å². The molecule has 1 aromatic rings. The normalized spacial score (nSPS) is 12.0. The summed E-state index contributed by atoms with van der Waals surface area (Å²) in [6.45, 7) is 7.18. The maximum atomic E-state index is 8.85. The Labute approximate surface area is 89.2 Å².